The van der Waals surface area contributed by atoms with Gasteiger partial charge in [-0.25, -0.2) is 4.98 Å². The summed E-state index contributed by atoms with van der Waals surface area (Å²) in [5.41, 5.74) is 2.13. The van der Waals surface area contributed by atoms with Crippen LogP contribution in [0.5, 0.6) is 5.75 Å². The van der Waals surface area contributed by atoms with E-state index in [9.17, 15) is 9.59 Å². The summed E-state index contributed by atoms with van der Waals surface area (Å²) in [5, 5.41) is 8.55. The molecule has 3 rings (SSSR count). The lowest BCUT2D eigenvalue weighted by atomic mass is 10.0. The molecule has 1 heterocycles. The maximum atomic E-state index is 12.8. The van der Waals surface area contributed by atoms with Gasteiger partial charge in [0.1, 0.15) is 16.8 Å². The van der Waals surface area contributed by atoms with Crippen molar-refractivity contribution in [3.8, 4) is 16.3 Å². The fourth-order valence-corrected chi connectivity index (χ4v) is 3.43. The molecule has 0 aliphatic carbocycles. The lowest BCUT2D eigenvalue weighted by molar-refractivity contribution is -0.118. The van der Waals surface area contributed by atoms with Crippen molar-refractivity contribution in [2.24, 2.45) is 5.92 Å². The zero-order valence-electron chi connectivity index (χ0n) is 16.5. The Labute approximate surface area is 173 Å². The van der Waals surface area contributed by atoms with Crippen LogP contribution in [0.4, 0.5) is 5.69 Å². The fourth-order valence-electron chi connectivity index (χ4n) is 2.78. The third-order valence-corrected chi connectivity index (χ3v) is 5.24. The van der Waals surface area contributed by atoms with Crippen molar-refractivity contribution >= 4 is 28.8 Å². The molecule has 0 aliphatic heterocycles. The van der Waals surface area contributed by atoms with Crippen molar-refractivity contribution in [2.45, 2.75) is 19.9 Å². The van der Waals surface area contributed by atoms with Gasteiger partial charge in [0, 0.05) is 28.4 Å². The number of hydrogen-bond acceptors (Lipinski definition) is 5. The third-order valence-electron chi connectivity index (χ3n) is 4.42. The molecule has 0 spiro atoms. The molecule has 0 saturated heterocycles. The first-order chi connectivity index (χ1) is 14.0. The van der Waals surface area contributed by atoms with Gasteiger partial charge < -0.3 is 15.4 Å². The summed E-state index contributed by atoms with van der Waals surface area (Å²) in [5.74, 6) is 0.0252. The number of benzene rings is 2. The van der Waals surface area contributed by atoms with Crippen LogP contribution >= 0.6 is 11.3 Å². The zero-order chi connectivity index (χ0) is 20.8. The van der Waals surface area contributed by atoms with E-state index >= 15 is 0 Å². The summed E-state index contributed by atoms with van der Waals surface area (Å²) in [6.45, 7) is 3.79. The number of hydrogen-bond donors (Lipinski definition) is 2. The van der Waals surface area contributed by atoms with Gasteiger partial charge in [0.05, 0.1) is 7.11 Å². The topological polar surface area (TPSA) is 80.3 Å². The van der Waals surface area contributed by atoms with Crippen molar-refractivity contribution < 1.29 is 14.3 Å². The minimum atomic E-state index is -0.664. The second-order valence-corrected chi connectivity index (χ2v) is 7.72. The van der Waals surface area contributed by atoms with Gasteiger partial charge in [-0.05, 0) is 54.4 Å². The van der Waals surface area contributed by atoms with E-state index in [1.807, 2.05) is 43.5 Å². The normalized spacial score (nSPS) is 11.7. The van der Waals surface area contributed by atoms with Crippen molar-refractivity contribution in [3.63, 3.8) is 0 Å². The summed E-state index contributed by atoms with van der Waals surface area (Å²) in [6, 6.07) is 13.6. The van der Waals surface area contributed by atoms with Gasteiger partial charge in [-0.1, -0.05) is 13.8 Å². The lowest BCUT2D eigenvalue weighted by Crippen LogP contribution is -2.47. The highest BCUT2D eigenvalue weighted by atomic mass is 32.1. The van der Waals surface area contributed by atoms with Crippen LogP contribution < -0.4 is 15.4 Å². The highest BCUT2D eigenvalue weighted by Gasteiger charge is 2.25. The Bertz CT molecular complexity index is 952. The molecule has 1 unspecified atom stereocenters. The van der Waals surface area contributed by atoms with E-state index in [4.69, 9.17) is 4.74 Å². The van der Waals surface area contributed by atoms with Gasteiger partial charge in [-0.15, -0.1) is 11.3 Å². The molecule has 1 aromatic heterocycles. The van der Waals surface area contributed by atoms with Crippen LogP contribution in [-0.2, 0) is 4.79 Å². The van der Waals surface area contributed by atoms with Crippen LogP contribution in [0.3, 0.4) is 0 Å². The number of amides is 2. The first-order valence-electron chi connectivity index (χ1n) is 9.23. The summed E-state index contributed by atoms with van der Waals surface area (Å²) in [7, 11) is 1.57. The number of aromatic nitrogens is 1. The molecule has 29 heavy (non-hydrogen) atoms. The molecule has 3 aromatic rings. The molecule has 150 valence electrons. The van der Waals surface area contributed by atoms with Crippen molar-refractivity contribution in [1.29, 1.82) is 0 Å². The molecule has 2 N–H and O–H groups in total. The van der Waals surface area contributed by atoms with E-state index in [0.717, 1.165) is 10.6 Å². The number of ether oxygens (including phenoxy) is 1. The number of methoxy groups -OCH3 is 1. The summed E-state index contributed by atoms with van der Waals surface area (Å²) < 4.78 is 5.11. The standard InChI is InChI=1S/C22H23N3O3S/c1-14(2)19(25-20(26)15-6-10-18(28-3)11-7-15)21(27)24-17-8-4-16(5-9-17)22-23-12-13-29-22/h4-14,19H,1-3H3,(H,24,27)(H,25,26). The number of anilines is 1. The van der Waals surface area contributed by atoms with Crippen molar-refractivity contribution in [3.05, 3.63) is 65.7 Å². The minimum absolute atomic E-state index is 0.0770. The van der Waals surface area contributed by atoms with Crippen molar-refractivity contribution in [1.82, 2.24) is 10.3 Å². The highest BCUT2D eigenvalue weighted by molar-refractivity contribution is 7.13. The molecule has 0 bridgehead atoms. The second-order valence-electron chi connectivity index (χ2n) is 6.83. The molecular formula is C22H23N3O3S. The summed E-state index contributed by atoms with van der Waals surface area (Å²) >= 11 is 1.56. The second kappa shape index (κ2) is 9.34. The third kappa shape index (κ3) is 5.20. The molecule has 0 saturated carbocycles. The fraction of sp³-hybridized carbons (Fsp3) is 0.227. The van der Waals surface area contributed by atoms with E-state index in [-0.39, 0.29) is 17.7 Å². The predicted molar refractivity (Wildman–Crippen MR) is 115 cm³/mol. The van der Waals surface area contributed by atoms with Gasteiger partial charge in [0.15, 0.2) is 0 Å². The highest BCUT2D eigenvalue weighted by Crippen LogP contribution is 2.23. The Morgan fingerprint density at radius 2 is 1.72 bits per heavy atom. The zero-order valence-corrected chi connectivity index (χ0v) is 17.3. The number of thiazole rings is 1. The molecule has 1 atom stereocenters. The van der Waals surface area contributed by atoms with Crippen molar-refractivity contribution in [2.75, 3.05) is 12.4 Å². The molecule has 2 amide bonds. The molecular weight excluding hydrogens is 386 g/mol. The largest absolute Gasteiger partial charge is 0.497 e. The Morgan fingerprint density at radius 3 is 2.28 bits per heavy atom. The molecule has 0 radical (unpaired) electrons. The van der Waals surface area contributed by atoms with Gasteiger partial charge in [-0.3, -0.25) is 9.59 Å². The van der Waals surface area contributed by atoms with Gasteiger partial charge in [0.25, 0.3) is 5.91 Å². The predicted octanol–water partition coefficient (Wildman–Crippen LogP) is 4.21. The Balaban J connectivity index is 1.66. The smallest absolute Gasteiger partial charge is 0.251 e. The van der Waals surface area contributed by atoms with Gasteiger partial charge in [0.2, 0.25) is 5.91 Å². The first kappa shape index (κ1) is 20.5. The van der Waals surface area contributed by atoms with E-state index in [0.29, 0.717) is 17.0 Å². The van der Waals surface area contributed by atoms with Crippen LogP contribution in [-0.4, -0.2) is 29.9 Å². The van der Waals surface area contributed by atoms with Gasteiger partial charge >= 0.3 is 0 Å². The molecule has 0 aliphatic rings. The summed E-state index contributed by atoms with van der Waals surface area (Å²) in [4.78, 5) is 29.6. The minimum Gasteiger partial charge on any atom is -0.497 e. The maximum Gasteiger partial charge on any atom is 0.251 e. The number of carbonyl (C=O) groups is 2. The average Bonchev–Trinajstić information content (AvgIpc) is 3.27. The van der Waals surface area contributed by atoms with Crippen LogP contribution in [0.15, 0.2) is 60.1 Å². The van der Waals surface area contributed by atoms with Crippen LogP contribution in [0, 0.1) is 5.92 Å². The van der Waals surface area contributed by atoms with Crippen LogP contribution in [0.1, 0.15) is 24.2 Å². The van der Waals surface area contributed by atoms with Crippen LogP contribution in [0.2, 0.25) is 0 Å². The quantitative estimate of drug-likeness (QED) is 0.613. The molecule has 2 aromatic carbocycles. The van der Waals surface area contributed by atoms with E-state index in [1.54, 1.807) is 48.9 Å². The van der Waals surface area contributed by atoms with E-state index < -0.39 is 6.04 Å². The monoisotopic (exact) mass is 409 g/mol. The molecule has 0 fully saturated rings. The SMILES string of the molecule is COc1ccc(C(=O)NC(C(=O)Nc2ccc(-c3nccs3)cc2)C(C)C)cc1. The van der Waals surface area contributed by atoms with Gasteiger partial charge in [-0.2, -0.15) is 0 Å². The Kier molecular flexibility index (Phi) is 6.61. The van der Waals surface area contributed by atoms with E-state index in [1.165, 1.54) is 0 Å². The van der Waals surface area contributed by atoms with Crippen LogP contribution in [0.25, 0.3) is 10.6 Å². The summed E-state index contributed by atoms with van der Waals surface area (Å²) in [6.07, 6.45) is 1.76. The molecule has 7 heteroatoms. The number of carbonyl (C=O) groups excluding carboxylic acids is 2. The Hall–Kier alpha value is -3.19. The Morgan fingerprint density at radius 1 is 1.03 bits per heavy atom. The lowest BCUT2D eigenvalue weighted by Gasteiger charge is -2.22. The average molecular weight is 410 g/mol. The molecule has 6 nitrogen and oxygen atoms in total. The number of nitrogens with zero attached hydrogens (tertiary/aromatic N) is 1. The number of rotatable bonds is 7. The number of nitrogens with one attached hydrogen (secondary N) is 2. The first-order valence-corrected chi connectivity index (χ1v) is 10.1. The maximum absolute atomic E-state index is 12.8. The van der Waals surface area contributed by atoms with E-state index in [2.05, 4.69) is 15.6 Å².